The molecule has 0 spiro atoms. The summed E-state index contributed by atoms with van der Waals surface area (Å²) in [6.07, 6.45) is 7.97. The number of aryl methyl sites for hydroxylation is 1. The maximum absolute atomic E-state index is 5.97. The molecular weight excluding hydrogens is 230 g/mol. The first-order valence-electron chi connectivity index (χ1n) is 6.80. The molecule has 1 unspecified atom stereocenters. The van der Waals surface area contributed by atoms with E-state index in [-0.39, 0.29) is 0 Å². The van der Waals surface area contributed by atoms with Crippen LogP contribution < -0.4 is 5.32 Å². The molecule has 1 atom stereocenters. The van der Waals surface area contributed by atoms with Crippen molar-refractivity contribution in [2.75, 3.05) is 13.1 Å². The van der Waals surface area contributed by atoms with Gasteiger partial charge in [0.05, 0.1) is 0 Å². The standard InChI is InChI=1S/C15H22ClN/c16-15-9-3-7-13(11-15)5-1-2-6-14-8-4-10-17-12-14/h3,7,9,11,14,17H,1-2,4-6,8,10,12H2. The predicted molar refractivity (Wildman–Crippen MR) is 74.6 cm³/mol. The molecule has 2 heteroatoms. The summed E-state index contributed by atoms with van der Waals surface area (Å²) in [6.45, 7) is 2.45. The van der Waals surface area contributed by atoms with E-state index in [1.54, 1.807) is 0 Å². The Morgan fingerprint density at radius 1 is 1.29 bits per heavy atom. The number of hydrogen-bond acceptors (Lipinski definition) is 1. The van der Waals surface area contributed by atoms with Gasteiger partial charge in [-0.1, -0.05) is 30.2 Å². The van der Waals surface area contributed by atoms with Crippen molar-refractivity contribution in [3.63, 3.8) is 0 Å². The molecular formula is C15H22ClN. The minimum Gasteiger partial charge on any atom is -0.316 e. The van der Waals surface area contributed by atoms with E-state index in [1.807, 2.05) is 12.1 Å². The molecule has 1 fully saturated rings. The minimum atomic E-state index is 0.860. The van der Waals surface area contributed by atoms with Crippen molar-refractivity contribution in [2.45, 2.75) is 38.5 Å². The first-order valence-corrected chi connectivity index (χ1v) is 7.17. The topological polar surface area (TPSA) is 12.0 Å². The van der Waals surface area contributed by atoms with E-state index >= 15 is 0 Å². The Morgan fingerprint density at radius 2 is 2.24 bits per heavy atom. The number of hydrogen-bond donors (Lipinski definition) is 1. The van der Waals surface area contributed by atoms with E-state index in [4.69, 9.17) is 11.6 Å². The van der Waals surface area contributed by atoms with Crippen LogP contribution in [-0.2, 0) is 6.42 Å². The largest absolute Gasteiger partial charge is 0.316 e. The first-order chi connectivity index (χ1) is 8.34. The van der Waals surface area contributed by atoms with Crippen LogP contribution in [0.1, 0.15) is 37.7 Å². The minimum absolute atomic E-state index is 0.860. The number of unbranched alkanes of at least 4 members (excludes halogenated alkanes) is 1. The Bertz CT molecular complexity index is 331. The van der Waals surface area contributed by atoms with Crippen molar-refractivity contribution in [2.24, 2.45) is 5.92 Å². The highest BCUT2D eigenvalue weighted by Gasteiger charge is 2.11. The second-order valence-electron chi connectivity index (χ2n) is 5.09. The molecule has 1 aliphatic rings. The lowest BCUT2D eigenvalue weighted by Crippen LogP contribution is -2.29. The summed E-state index contributed by atoms with van der Waals surface area (Å²) in [5, 5.41) is 4.34. The molecule has 17 heavy (non-hydrogen) atoms. The lowest BCUT2D eigenvalue weighted by molar-refractivity contribution is 0.348. The zero-order valence-electron chi connectivity index (χ0n) is 10.4. The van der Waals surface area contributed by atoms with Crippen LogP contribution in [0.3, 0.4) is 0 Å². The maximum Gasteiger partial charge on any atom is 0.0408 e. The van der Waals surface area contributed by atoms with Crippen molar-refractivity contribution in [3.8, 4) is 0 Å². The monoisotopic (exact) mass is 251 g/mol. The fourth-order valence-corrected chi connectivity index (χ4v) is 2.84. The number of benzene rings is 1. The summed E-state index contributed by atoms with van der Waals surface area (Å²) in [5.41, 5.74) is 1.37. The van der Waals surface area contributed by atoms with Gasteiger partial charge >= 0.3 is 0 Å². The number of piperidine rings is 1. The van der Waals surface area contributed by atoms with Crippen molar-refractivity contribution >= 4 is 11.6 Å². The second kappa shape index (κ2) is 7.03. The van der Waals surface area contributed by atoms with Crippen LogP contribution in [-0.4, -0.2) is 13.1 Å². The highest BCUT2D eigenvalue weighted by Crippen LogP contribution is 2.18. The summed E-state index contributed by atoms with van der Waals surface area (Å²) in [6, 6.07) is 8.25. The van der Waals surface area contributed by atoms with Crippen LogP contribution in [0.4, 0.5) is 0 Å². The normalized spacial score (nSPS) is 20.4. The third-order valence-electron chi connectivity index (χ3n) is 3.62. The van der Waals surface area contributed by atoms with Gasteiger partial charge in [-0.15, -0.1) is 0 Å². The molecule has 0 bridgehead atoms. The van der Waals surface area contributed by atoms with Gasteiger partial charge in [0.15, 0.2) is 0 Å². The zero-order chi connectivity index (χ0) is 11.9. The highest BCUT2D eigenvalue weighted by molar-refractivity contribution is 6.30. The predicted octanol–water partition coefficient (Wildman–Crippen LogP) is 4.05. The molecule has 1 aliphatic heterocycles. The van der Waals surface area contributed by atoms with E-state index in [9.17, 15) is 0 Å². The van der Waals surface area contributed by atoms with Gasteiger partial charge in [0.2, 0.25) is 0 Å². The fraction of sp³-hybridized carbons (Fsp3) is 0.600. The van der Waals surface area contributed by atoms with Crippen molar-refractivity contribution in [1.29, 1.82) is 0 Å². The summed E-state index contributed by atoms with van der Waals surface area (Å²) < 4.78 is 0. The lowest BCUT2D eigenvalue weighted by atomic mass is 9.93. The van der Waals surface area contributed by atoms with E-state index in [0.717, 1.165) is 10.9 Å². The van der Waals surface area contributed by atoms with Gasteiger partial charge in [0.25, 0.3) is 0 Å². The Kier molecular flexibility index (Phi) is 5.34. The molecule has 1 heterocycles. The average Bonchev–Trinajstić information content (AvgIpc) is 2.36. The van der Waals surface area contributed by atoms with E-state index in [0.29, 0.717) is 0 Å². The van der Waals surface area contributed by atoms with Crippen LogP contribution in [0.15, 0.2) is 24.3 Å². The summed E-state index contributed by atoms with van der Waals surface area (Å²) in [5.74, 6) is 0.920. The second-order valence-corrected chi connectivity index (χ2v) is 5.52. The average molecular weight is 252 g/mol. The Balaban J connectivity index is 1.62. The molecule has 2 rings (SSSR count). The molecule has 1 saturated heterocycles. The number of nitrogens with one attached hydrogen (secondary N) is 1. The van der Waals surface area contributed by atoms with E-state index in [2.05, 4.69) is 17.4 Å². The third kappa shape index (κ3) is 4.69. The number of rotatable bonds is 5. The van der Waals surface area contributed by atoms with Gasteiger partial charge in [0.1, 0.15) is 0 Å². The summed E-state index contributed by atoms with van der Waals surface area (Å²) in [4.78, 5) is 0. The Morgan fingerprint density at radius 3 is 3.00 bits per heavy atom. The molecule has 0 radical (unpaired) electrons. The fourth-order valence-electron chi connectivity index (χ4n) is 2.62. The van der Waals surface area contributed by atoms with E-state index < -0.39 is 0 Å². The smallest absolute Gasteiger partial charge is 0.0408 e. The molecule has 0 aliphatic carbocycles. The molecule has 94 valence electrons. The van der Waals surface area contributed by atoms with Crippen LogP contribution in [0.25, 0.3) is 0 Å². The van der Waals surface area contributed by atoms with Crippen LogP contribution in [0.5, 0.6) is 0 Å². The lowest BCUT2D eigenvalue weighted by Gasteiger charge is -2.22. The van der Waals surface area contributed by atoms with Crippen molar-refractivity contribution in [1.82, 2.24) is 5.32 Å². The molecule has 1 N–H and O–H groups in total. The van der Waals surface area contributed by atoms with Gasteiger partial charge in [0, 0.05) is 5.02 Å². The molecule has 1 aromatic rings. The van der Waals surface area contributed by atoms with Gasteiger partial charge in [-0.3, -0.25) is 0 Å². The first kappa shape index (κ1) is 12.9. The molecule has 0 saturated carbocycles. The molecule has 0 aromatic heterocycles. The third-order valence-corrected chi connectivity index (χ3v) is 3.85. The van der Waals surface area contributed by atoms with Crippen molar-refractivity contribution in [3.05, 3.63) is 34.9 Å². The zero-order valence-corrected chi connectivity index (χ0v) is 11.2. The number of halogens is 1. The van der Waals surface area contributed by atoms with Gasteiger partial charge in [-0.25, -0.2) is 0 Å². The Hall–Kier alpha value is -0.530. The van der Waals surface area contributed by atoms with Crippen LogP contribution in [0, 0.1) is 5.92 Å². The van der Waals surface area contributed by atoms with E-state index in [1.165, 1.54) is 57.2 Å². The highest BCUT2D eigenvalue weighted by atomic mass is 35.5. The Labute approximate surface area is 110 Å². The van der Waals surface area contributed by atoms with Gasteiger partial charge < -0.3 is 5.32 Å². The van der Waals surface area contributed by atoms with Crippen LogP contribution >= 0.6 is 11.6 Å². The summed E-state index contributed by atoms with van der Waals surface area (Å²) in [7, 11) is 0. The van der Waals surface area contributed by atoms with Crippen LogP contribution in [0.2, 0.25) is 5.02 Å². The van der Waals surface area contributed by atoms with Gasteiger partial charge in [-0.2, -0.15) is 0 Å². The molecule has 0 amide bonds. The van der Waals surface area contributed by atoms with Gasteiger partial charge in [-0.05, 0) is 68.8 Å². The summed E-state index contributed by atoms with van der Waals surface area (Å²) >= 11 is 5.97. The maximum atomic E-state index is 5.97. The molecule has 1 nitrogen and oxygen atoms in total. The molecule has 1 aromatic carbocycles. The van der Waals surface area contributed by atoms with Crippen molar-refractivity contribution < 1.29 is 0 Å². The SMILES string of the molecule is Clc1cccc(CCCCC2CCCNC2)c1. The quantitative estimate of drug-likeness (QED) is 0.779.